The molecule has 1 amide bonds. The van der Waals surface area contributed by atoms with Crippen LogP contribution in [0.5, 0.6) is 0 Å². The minimum absolute atomic E-state index is 0.0905. The summed E-state index contributed by atoms with van der Waals surface area (Å²) in [5.41, 5.74) is 6.03. The lowest BCUT2D eigenvalue weighted by atomic mass is 10.1. The SMILES string of the molecule is Cc1[nH]c2ccc(C(=O)NCc3nc4ccccc4n3C)cc2c1C. The van der Waals surface area contributed by atoms with Gasteiger partial charge in [-0.1, -0.05) is 12.1 Å². The van der Waals surface area contributed by atoms with Crippen molar-refractivity contribution in [2.24, 2.45) is 7.05 Å². The van der Waals surface area contributed by atoms with Crippen molar-refractivity contribution in [3.8, 4) is 0 Å². The van der Waals surface area contributed by atoms with E-state index in [1.807, 2.05) is 61.0 Å². The Kier molecular flexibility index (Phi) is 3.57. The highest BCUT2D eigenvalue weighted by atomic mass is 16.1. The van der Waals surface area contributed by atoms with Gasteiger partial charge in [-0.15, -0.1) is 0 Å². The first-order valence-electron chi connectivity index (χ1n) is 8.32. The monoisotopic (exact) mass is 332 g/mol. The van der Waals surface area contributed by atoms with Crippen molar-refractivity contribution in [2.75, 3.05) is 0 Å². The van der Waals surface area contributed by atoms with Crippen molar-refractivity contribution in [3.05, 3.63) is 65.1 Å². The number of para-hydroxylation sites is 2. The molecule has 0 aliphatic carbocycles. The first kappa shape index (κ1) is 15.4. The molecular weight excluding hydrogens is 312 g/mol. The van der Waals surface area contributed by atoms with E-state index < -0.39 is 0 Å². The van der Waals surface area contributed by atoms with Gasteiger partial charge in [0.25, 0.3) is 5.91 Å². The summed E-state index contributed by atoms with van der Waals surface area (Å²) in [4.78, 5) is 20.5. The highest BCUT2D eigenvalue weighted by Gasteiger charge is 2.12. The number of H-pyrrole nitrogens is 1. The van der Waals surface area contributed by atoms with Gasteiger partial charge >= 0.3 is 0 Å². The Balaban J connectivity index is 1.57. The van der Waals surface area contributed by atoms with Gasteiger partial charge in [0.2, 0.25) is 0 Å². The average molecular weight is 332 g/mol. The van der Waals surface area contributed by atoms with E-state index >= 15 is 0 Å². The highest BCUT2D eigenvalue weighted by Crippen LogP contribution is 2.22. The molecule has 0 aliphatic rings. The molecule has 126 valence electrons. The maximum absolute atomic E-state index is 12.5. The number of imidazole rings is 1. The summed E-state index contributed by atoms with van der Waals surface area (Å²) < 4.78 is 2.01. The summed E-state index contributed by atoms with van der Waals surface area (Å²) in [6.45, 7) is 4.50. The van der Waals surface area contributed by atoms with Crippen LogP contribution in [0.2, 0.25) is 0 Å². The van der Waals surface area contributed by atoms with Crippen LogP contribution in [0.1, 0.15) is 27.4 Å². The van der Waals surface area contributed by atoms with Crippen LogP contribution in [0.15, 0.2) is 42.5 Å². The van der Waals surface area contributed by atoms with Crippen LogP contribution in [0.25, 0.3) is 21.9 Å². The molecule has 0 saturated heterocycles. The van der Waals surface area contributed by atoms with Crippen molar-refractivity contribution in [1.82, 2.24) is 19.9 Å². The number of benzene rings is 2. The van der Waals surface area contributed by atoms with Gasteiger partial charge in [-0.3, -0.25) is 4.79 Å². The number of carbonyl (C=O) groups excluding carboxylic acids is 1. The largest absolute Gasteiger partial charge is 0.358 e. The molecule has 2 N–H and O–H groups in total. The zero-order valence-electron chi connectivity index (χ0n) is 14.6. The van der Waals surface area contributed by atoms with E-state index in [2.05, 4.69) is 22.2 Å². The fraction of sp³-hybridized carbons (Fsp3) is 0.200. The van der Waals surface area contributed by atoms with E-state index in [1.165, 1.54) is 5.56 Å². The highest BCUT2D eigenvalue weighted by molar-refractivity contribution is 5.99. The van der Waals surface area contributed by atoms with E-state index in [0.29, 0.717) is 12.1 Å². The second-order valence-electron chi connectivity index (χ2n) is 6.39. The Bertz CT molecular complexity index is 1100. The third kappa shape index (κ3) is 2.58. The van der Waals surface area contributed by atoms with Crippen LogP contribution in [0.4, 0.5) is 0 Å². The van der Waals surface area contributed by atoms with Crippen LogP contribution >= 0.6 is 0 Å². The number of carbonyl (C=O) groups is 1. The van der Waals surface area contributed by atoms with Crippen molar-refractivity contribution in [1.29, 1.82) is 0 Å². The molecule has 0 fully saturated rings. The fourth-order valence-corrected chi connectivity index (χ4v) is 3.22. The van der Waals surface area contributed by atoms with E-state index in [9.17, 15) is 4.79 Å². The summed E-state index contributed by atoms with van der Waals surface area (Å²) in [5.74, 6) is 0.747. The molecule has 4 aromatic rings. The van der Waals surface area contributed by atoms with Crippen LogP contribution in [0.3, 0.4) is 0 Å². The molecule has 0 spiro atoms. The van der Waals surface area contributed by atoms with Gasteiger partial charge in [0.15, 0.2) is 0 Å². The lowest BCUT2D eigenvalue weighted by Crippen LogP contribution is -2.24. The summed E-state index contributed by atoms with van der Waals surface area (Å²) in [5, 5.41) is 4.07. The number of nitrogens with one attached hydrogen (secondary N) is 2. The van der Waals surface area contributed by atoms with Crippen LogP contribution in [0, 0.1) is 13.8 Å². The Hall–Kier alpha value is -3.08. The lowest BCUT2D eigenvalue weighted by Gasteiger charge is -2.06. The number of aromatic amines is 1. The molecule has 0 atom stereocenters. The van der Waals surface area contributed by atoms with Crippen molar-refractivity contribution in [2.45, 2.75) is 20.4 Å². The molecule has 0 bridgehead atoms. The van der Waals surface area contributed by atoms with Gasteiger partial charge in [-0.05, 0) is 49.7 Å². The van der Waals surface area contributed by atoms with Gasteiger partial charge in [0.05, 0.1) is 17.6 Å². The third-order valence-corrected chi connectivity index (χ3v) is 4.86. The average Bonchev–Trinajstić information content (AvgIpc) is 3.10. The molecule has 4 rings (SSSR count). The second-order valence-corrected chi connectivity index (χ2v) is 6.39. The molecule has 2 aromatic carbocycles. The summed E-state index contributed by atoms with van der Waals surface area (Å²) in [7, 11) is 1.97. The number of aromatic nitrogens is 3. The van der Waals surface area contributed by atoms with E-state index in [1.54, 1.807) is 0 Å². The number of rotatable bonds is 3. The van der Waals surface area contributed by atoms with Gasteiger partial charge in [-0.25, -0.2) is 4.98 Å². The molecule has 0 radical (unpaired) electrons. The topological polar surface area (TPSA) is 62.7 Å². The predicted octanol–water partition coefficient (Wildman–Crippen LogP) is 3.60. The van der Waals surface area contributed by atoms with Gasteiger partial charge in [0, 0.05) is 29.2 Å². The van der Waals surface area contributed by atoms with Crippen LogP contribution in [-0.2, 0) is 13.6 Å². The molecule has 0 saturated carbocycles. The number of amides is 1. The van der Waals surface area contributed by atoms with Crippen LogP contribution in [-0.4, -0.2) is 20.4 Å². The zero-order chi connectivity index (χ0) is 17.6. The maximum Gasteiger partial charge on any atom is 0.251 e. The van der Waals surface area contributed by atoms with E-state index in [0.717, 1.165) is 33.5 Å². The minimum Gasteiger partial charge on any atom is -0.358 e. The van der Waals surface area contributed by atoms with Gasteiger partial charge in [0.1, 0.15) is 5.82 Å². The molecule has 0 aliphatic heterocycles. The molecule has 25 heavy (non-hydrogen) atoms. The molecule has 5 nitrogen and oxygen atoms in total. The smallest absolute Gasteiger partial charge is 0.251 e. The predicted molar refractivity (Wildman–Crippen MR) is 99.7 cm³/mol. The second kappa shape index (κ2) is 5.77. The van der Waals surface area contributed by atoms with E-state index in [4.69, 9.17) is 0 Å². The summed E-state index contributed by atoms with van der Waals surface area (Å²) >= 11 is 0. The molecular formula is C20H20N4O. The first-order valence-corrected chi connectivity index (χ1v) is 8.32. The number of fused-ring (bicyclic) bond motifs is 2. The molecule has 2 aromatic heterocycles. The summed E-state index contributed by atoms with van der Waals surface area (Å²) in [6.07, 6.45) is 0. The zero-order valence-corrected chi connectivity index (χ0v) is 14.6. The molecule has 0 unspecified atom stereocenters. The van der Waals surface area contributed by atoms with Crippen molar-refractivity contribution in [3.63, 3.8) is 0 Å². The maximum atomic E-state index is 12.5. The standard InChI is InChI=1S/C20H20N4O/c1-12-13(2)22-16-9-8-14(10-15(12)16)20(25)21-11-19-23-17-6-4-5-7-18(17)24(19)3/h4-10,22H,11H2,1-3H3,(H,21,25). The van der Waals surface area contributed by atoms with Crippen molar-refractivity contribution >= 4 is 27.8 Å². The lowest BCUT2D eigenvalue weighted by molar-refractivity contribution is 0.0950. The number of hydrogen-bond acceptors (Lipinski definition) is 2. The third-order valence-electron chi connectivity index (χ3n) is 4.86. The van der Waals surface area contributed by atoms with Gasteiger partial charge in [-0.2, -0.15) is 0 Å². The quantitative estimate of drug-likeness (QED) is 0.602. The Morgan fingerprint density at radius 2 is 2.00 bits per heavy atom. The number of hydrogen-bond donors (Lipinski definition) is 2. The normalized spacial score (nSPS) is 11.3. The van der Waals surface area contributed by atoms with Crippen molar-refractivity contribution < 1.29 is 4.79 Å². The van der Waals surface area contributed by atoms with Gasteiger partial charge < -0.3 is 14.9 Å². The minimum atomic E-state index is -0.0905. The first-order chi connectivity index (χ1) is 12.0. The Labute approximate surface area is 145 Å². The van der Waals surface area contributed by atoms with E-state index in [-0.39, 0.29) is 5.91 Å². The van der Waals surface area contributed by atoms with Crippen LogP contribution < -0.4 is 5.32 Å². The Morgan fingerprint density at radius 1 is 1.20 bits per heavy atom. The number of aryl methyl sites for hydroxylation is 3. The fourth-order valence-electron chi connectivity index (χ4n) is 3.22. The summed E-state index contributed by atoms with van der Waals surface area (Å²) in [6, 6.07) is 13.7. The number of nitrogens with zero attached hydrogens (tertiary/aromatic N) is 2. The Morgan fingerprint density at radius 3 is 2.80 bits per heavy atom. The molecule has 2 heterocycles. The molecule has 5 heteroatoms.